The molecule has 184 valence electrons. The molecule has 0 radical (unpaired) electrons. The van der Waals surface area contributed by atoms with Gasteiger partial charge in [0.25, 0.3) is 5.91 Å². The van der Waals surface area contributed by atoms with Crippen LogP contribution in [-0.4, -0.2) is 33.0 Å². The molecular weight excluding hydrogens is 462 g/mol. The number of hydrogen-bond acceptors (Lipinski definition) is 4. The fraction of sp³-hybridized carbons (Fsp3) is 0.259. The number of sulfonamides is 1. The molecule has 0 aliphatic rings. The third-order valence-electron chi connectivity index (χ3n) is 5.67. The highest BCUT2D eigenvalue weighted by molar-refractivity contribution is 7.92. The van der Waals surface area contributed by atoms with Crippen molar-refractivity contribution in [3.05, 3.63) is 94.5 Å². The van der Waals surface area contributed by atoms with Crippen molar-refractivity contribution in [3.8, 4) is 0 Å². The SMILES string of the molecule is Cc1cc(C)c(N(CC(=O)Nc2ccccc2C(=O)NC(C)c2ccccc2)S(C)(=O)=O)c(C)c1. The first-order chi connectivity index (χ1) is 16.5. The van der Waals surface area contributed by atoms with E-state index < -0.39 is 22.5 Å². The molecule has 3 aromatic carbocycles. The minimum atomic E-state index is -3.74. The van der Waals surface area contributed by atoms with Crippen molar-refractivity contribution in [2.75, 3.05) is 22.4 Å². The van der Waals surface area contributed by atoms with Crippen LogP contribution >= 0.6 is 0 Å². The Labute approximate surface area is 207 Å². The normalized spacial score (nSPS) is 12.0. The maximum absolute atomic E-state index is 13.0. The second kappa shape index (κ2) is 10.7. The van der Waals surface area contributed by atoms with Crippen LogP contribution in [0.25, 0.3) is 0 Å². The number of para-hydroxylation sites is 1. The Morgan fingerprint density at radius 3 is 2.09 bits per heavy atom. The van der Waals surface area contributed by atoms with Gasteiger partial charge in [0.05, 0.1) is 29.2 Å². The van der Waals surface area contributed by atoms with Crippen molar-refractivity contribution in [2.45, 2.75) is 33.7 Å². The quantitative estimate of drug-likeness (QED) is 0.483. The lowest BCUT2D eigenvalue weighted by molar-refractivity contribution is -0.114. The van der Waals surface area contributed by atoms with Crippen molar-refractivity contribution in [3.63, 3.8) is 0 Å². The van der Waals surface area contributed by atoms with Gasteiger partial charge in [0, 0.05) is 0 Å². The zero-order valence-corrected chi connectivity index (χ0v) is 21.4. The molecule has 0 heterocycles. The molecule has 0 saturated carbocycles. The second-order valence-corrected chi connectivity index (χ2v) is 10.6. The van der Waals surface area contributed by atoms with E-state index in [1.54, 1.807) is 24.3 Å². The molecule has 0 aliphatic heterocycles. The molecule has 35 heavy (non-hydrogen) atoms. The maximum atomic E-state index is 13.0. The first kappa shape index (κ1) is 26.0. The molecular formula is C27H31N3O4S. The van der Waals surface area contributed by atoms with Crippen LogP contribution in [0.4, 0.5) is 11.4 Å². The highest BCUT2D eigenvalue weighted by Gasteiger charge is 2.25. The van der Waals surface area contributed by atoms with Crippen molar-refractivity contribution in [1.82, 2.24) is 5.32 Å². The Morgan fingerprint density at radius 2 is 1.49 bits per heavy atom. The third-order valence-corrected chi connectivity index (χ3v) is 6.78. The molecule has 3 aromatic rings. The summed E-state index contributed by atoms with van der Waals surface area (Å²) in [6.45, 7) is 7.03. The minimum absolute atomic E-state index is 0.235. The predicted octanol–water partition coefficient (Wildman–Crippen LogP) is 4.51. The average molecular weight is 494 g/mol. The lowest BCUT2D eigenvalue weighted by atomic mass is 10.1. The summed E-state index contributed by atoms with van der Waals surface area (Å²) in [5, 5.41) is 5.66. The summed E-state index contributed by atoms with van der Waals surface area (Å²) in [6, 6.07) is 19.7. The van der Waals surface area contributed by atoms with Crippen LogP contribution in [-0.2, 0) is 14.8 Å². The Balaban J connectivity index is 1.82. The van der Waals surface area contributed by atoms with Crippen molar-refractivity contribution >= 4 is 33.2 Å². The zero-order chi connectivity index (χ0) is 25.8. The summed E-state index contributed by atoms with van der Waals surface area (Å²) in [5.74, 6) is -0.895. The van der Waals surface area contributed by atoms with Crippen molar-refractivity contribution < 1.29 is 18.0 Å². The van der Waals surface area contributed by atoms with Crippen LogP contribution in [0.5, 0.6) is 0 Å². The summed E-state index contributed by atoms with van der Waals surface area (Å²) in [5.41, 5.74) is 4.56. The number of rotatable bonds is 8. The molecule has 0 bridgehead atoms. The minimum Gasteiger partial charge on any atom is -0.345 e. The van der Waals surface area contributed by atoms with E-state index in [4.69, 9.17) is 0 Å². The molecule has 8 heteroatoms. The first-order valence-electron chi connectivity index (χ1n) is 11.3. The van der Waals surface area contributed by atoms with E-state index in [1.165, 1.54) is 0 Å². The number of carbonyl (C=O) groups excluding carboxylic acids is 2. The summed E-state index contributed by atoms with van der Waals surface area (Å²) in [6.07, 6.45) is 1.07. The number of hydrogen-bond donors (Lipinski definition) is 2. The molecule has 2 amide bonds. The Kier molecular flexibility index (Phi) is 7.96. The molecule has 3 rings (SSSR count). The molecule has 1 unspecified atom stereocenters. The average Bonchev–Trinajstić information content (AvgIpc) is 2.78. The largest absolute Gasteiger partial charge is 0.345 e. The number of aryl methyl sites for hydroxylation is 3. The predicted molar refractivity (Wildman–Crippen MR) is 140 cm³/mol. The van der Waals surface area contributed by atoms with Gasteiger partial charge in [0.15, 0.2) is 0 Å². The number of anilines is 2. The van der Waals surface area contributed by atoms with Gasteiger partial charge < -0.3 is 10.6 Å². The van der Waals surface area contributed by atoms with Gasteiger partial charge in [-0.25, -0.2) is 8.42 Å². The zero-order valence-electron chi connectivity index (χ0n) is 20.6. The van der Waals surface area contributed by atoms with Crippen LogP contribution in [0.15, 0.2) is 66.7 Å². The smallest absolute Gasteiger partial charge is 0.253 e. The molecule has 1 atom stereocenters. The van der Waals surface area contributed by atoms with Gasteiger partial charge in [-0.3, -0.25) is 13.9 Å². The van der Waals surface area contributed by atoms with E-state index >= 15 is 0 Å². The van der Waals surface area contributed by atoms with Gasteiger partial charge in [-0.2, -0.15) is 0 Å². The standard InChI is InChI=1S/C27H31N3O4S/c1-18-15-19(2)26(20(3)16-18)30(35(5,33)34)17-25(31)29-24-14-10-9-13-23(24)27(32)28-21(4)22-11-7-6-8-12-22/h6-16,21H,17H2,1-5H3,(H,28,32)(H,29,31). The summed E-state index contributed by atoms with van der Waals surface area (Å²) >= 11 is 0. The first-order valence-corrected chi connectivity index (χ1v) is 13.1. The third kappa shape index (κ3) is 6.48. The summed E-state index contributed by atoms with van der Waals surface area (Å²) < 4.78 is 26.3. The molecule has 0 aliphatic carbocycles. The van der Waals surface area contributed by atoms with Crippen molar-refractivity contribution in [1.29, 1.82) is 0 Å². The van der Waals surface area contributed by atoms with Gasteiger partial charge in [-0.1, -0.05) is 60.2 Å². The Hall–Kier alpha value is -3.65. The number of nitrogens with zero attached hydrogens (tertiary/aromatic N) is 1. The van der Waals surface area contributed by atoms with E-state index in [-0.39, 0.29) is 17.5 Å². The molecule has 0 spiro atoms. The van der Waals surface area contributed by atoms with E-state index in [9.17, 15) is 18.0 Å². The number of carbonyl (C=O) groups is 2. The maximum Gasteiger partial charge on any atom is 0.253 e. The van der Waals surface area contributed by atoms with Gasteiger partial charge in [0.2, 0.25) is 15.9 Å². The van der Waals surface area contributed by atoms with E-state index in [2.05, 4.69) is 10.6 Å². The lowest BCUT2D eigenvalue weighted by Gasteiger charge is -2.26. The fourth-order valence-electron chi connectivity index (χ4n) is 4.14. The number of nitrogens with one attached hydrogen (secondary N) is 2. The van der Waals surface area contributed by atoms with Gasteiger partial charge in [-0.15, -0.1) is 0 Å². The monoisotopic (exact) mass is 493 g/mol. The van der Waals surface area contributed by atoms with E-state index in [0.29, 0.717) is 11.4 Å². The van der Waals surface area contributed by atoms with Crippen LogP contribution in [0, 0.1) is 20.8 Å². The summed E-state index contributed by atoms with van der Waals surface area (Å²) in [4.78, 5) is 26.0. The second-order valence-electron chi connectivity index (χ2n) is 8.72. The highest BCUT2D eigenvalue weighted by atomic mass is 32.2. The van der Waals surface area contributed by atoms with Gasteiger partial charge >= 0.3 is 0 Å². The van der Waals surface area contributed by atoms with Gasteiger partial charge in [0.1, 0.15) is 6.54 Å². The van der Waals surface area contributed by atoms with Gasteiger partial charge in [-0.05, 0) is 56.5 Å². The fourth-order valence-corrected chi connectivity index (χ4v) is 5.11. The van der Waals surface area contributed by atoms with Crippen LogP contribution in [0.2, 0.25) is 0 Å². The molecule has 0 aromatic heterocycles. The van der Waals surface area contributed by atoms with Crippen LogP contribution in [0.1, 0.15) is 45.6 Å². The molecule has 7 nitrogen and oxygen atoms in total. The molecule has 2 N–H and O–H groups in total. The molecule has 0 saturated heterocycles. The lowest BCUT2D eigenvalue weighted by Crippen LogP contribution is -2.38. The molecule has 0 fully saturated rings. The van der Waals surface area contributed by atoms with E-state index in [1.807, 2.05) is 70.2 Å². The van der Waals surface area contributed by atoms with Crippen LogP contribution in [0.3, 0.4) is 0 Å². The van der Waals surface area contributed by atoms with Crippen molar-refractivity contribution in [2.24, 2.45) is 0 Å². The topological polar surface area (TPSA) is 95.6 Å². The summed E-state index contributed by atoms with van der Waals surface area (Å²) in [7, 11) is -3.74. The Bertz CT molecular complexity index is 1310. The number of benzene rings is 3. The highest BCUT2D eigenvalue weighted by Crippen LogP contribution is 2.28. The van der Waals surface area contributed by atoms with E-state index in [0.717, 1.165) is 32.8 Å². The van der Waals surface area contributed by atoms with Crippen LogP contribution < -0.4 is 14.9 Å². The number of amides is 2. The Morgan fingerprint density at radius 1 is 0.914 bits per heavy atom.